The number of carbonyl (C=O) groups excluding carboxylic acids is 1. The quantitative estimate of drug-likeness (QED) is 0.882. The topological polar surface area (TPSA) is 66.5 Å². The van der Waals surface area contributed by atoms with Crippen molar-refractivity contribution in [3.05, 3.63) is 58.6 Å². The maximum atomic E-state index is 12.3. The van der Waals surface area contributed by atoms with Crippen LogP contribution >= 0.6 is 11.6 Å². The van der Waals surface area contributed by atoms with Gasteiger partial charge in [-0.25, -0.2) is 8.42 Å². The number of benzene rings is 2. The largest absolute Gasteiger partial charge is 0.325 e. The minimum Gasteiger partial charge on any atom is -0.325 e. The predicted molar refractivity (Wildman–Crippen MR) is 98.2 cm³/mol. The third-order valence-corrected chi connectivity index (χ3v) is 4.81. The highest BCUT2D eigenvalue weighted by Gasteiger charge is 2.22. The van der Waals surface area contributed by atoms with E-state index >= 15 is 0 Å². The Hall–Kier alpha value is -2.05. The third kappa shape index (κ3) is 4.72. The number of rotatable bonds is 5. The minimum atomic E-state index is -3.60. The summed E-state index contributed by atoms with van der Waals surface area (Å²) in [4.78, 5) is 12.3. The predicted octanol–water partition coefficient (Wildman–Crippen LogP) is 3.36. The molecule has 2 aromatic rings. The second kappa shape index (κ2) is 7.23. The summed E-state index contributed by atoms with van der Waals surface area (Å²) in [5.41, 5.74) is 2.86. The number of hydrogen-bond acceptors (Lipinski definition) is 3. The second-order valence-corrected chi connectivity index (χ2v) is 7.96. The fraction of sp³-hybridized carbons (Fsp3) is 0.235. The van der Waals surface area contributed by atoms with Crippen LogP contribution in [0.2, 0.25) is 5.02 Å². The van der Waals surface area contributed by atoms with Crippen molar-refractivity contribution in [2.75, 3.05) is 22.4 Å². The Kier molecular flexibility index (Phi) is 5.51. The molecule has 0 aliphatic carbocycles. The number of aryl methyl sites for hydroxylation is 2. The Balaban J connectivity index is 2.23. The monoisotopic (exact) mass is 366 g/mol. The molecule has 0 radical (unpaired) electrons. The van der Waals surface area contributed by atoms with Gasteiger partial charge in [-0.1, -0.05) is 29.3 Å². The first-order valence-electron chi connectivity index (χ1n) is 7.27. The molecule has 7 heteroatoms. The molecule has 1 N–H and O–H groups in total. The molecule has 0 saturated carbocycles. The van der Waals surface area contributed by atoms with Crippen LogP contribution in [0.1, 0.15) is 11.1 Å². The molecule has 24 heavy (non-hydrogen) atoms. The highest BCUT2D eigenvalue weighted by Crippen LogP contribution is 2.23. The smallest absolute Gasteiger partial charge is 0.245 e. The van der Waals surface area contributed by atoms with E-state index in [4.69, 9.17) is 11.6 Å². The number of amides is 1. The van der Waals surface area contributed by atoms with Crippen LogP contribution in [0, 0.1) is 13.8 Å². The lowest BCUT2D eigenvalue weighted by Gasteiger charge is -2.24. The van der Waals surface area contributed by atoms with Gasteiger partial charge >= 0.3 is 0 Å². The Labute approximate surface area is 147 Å². The summed E-state index contributed by atoms with van der Waals surface area (Å²) in [6.07, 6.45) is 1.09. The van der Waals surface area contributed by atoms with Crippen molar-refractivity contribution in [3.8, 4) is 0 Å². The van der Waals surface area contributed by atoms with Gasteiger partial charge in [0.1, 0.15) is 6.54 Å². The van der Waals surface area contributed by atoms with Crippen molar-refractivity contribution in [2.24, 2.45) is 0 Å². The maximum absolute atomic E-state index is 12.3. The standard InChI is InChI=1S/C17H19ClN2O3S/c1-12-4-9-16(13(2)10-12)20(24(3,22)23)11-17(21)19-15-7-5-14(18)6-8-15/h4-10H,11H2,1-3H3,(H,19,21). The second-order valence-electron chi connectivity index (χ2n) is 5.61. The van der Waals surface area contributed by atoms with E-state index in [1.165, 1.54) is 0 Å². The van der Waals surface area contributed by atoms with Crippen LogP contribution in [-0.4, -0.2) is 27.1 Å². The zero-order valence-corrected chi connectivity index (χ0v) is 15.3. The van der Waals surface area contributed by atoms with Gasteiger partial charge in [-0.3, -0.25) is 9.10 Å². The lowest BCUT2D eigenvalue weighted by Crippen LogP contribution is -2.37. The SMILES string of the molecule is Cc1ccc(N(CC(=O)Nc2ccc(Cl)cc2)S(C)(=O)=O)c(C)c1. The molecule has 0 aliphatic rings. The summed E-state index contributed by atoms with van der Waals surface area (Å²) in [6, 6.07) is 12.0. The van der Waals surface area contributed by atoms with Gasteiger partial charge in [-0.05, 0) is 49.7 Å². The molecule has 0 bridgehead atoms. The van der Waals surface area contributed by atoms with Crippen molar-refractivity contribution in [1.29, 1.82) is 0 Å². The number of sulfonamides is 1. The molecular formula is C17H19ClN2O3S. The average Bonchev–Trinajstić information content (AvgIpc) is 2.47. The van der Waals surface area contributed by atoms with E-state index in [1.807, 2.05) is 26.0 Å². The van der Waals surface area contributed by atoms with Crippen LogP contribution in [0.3, 0.4) is 0 Å². The summed E-state index contributed by atoms with van der Waals surface area (Å²) in [5, 5.41) is 3.23. The van der Waals surface area contributed by atoms with Crippen molar-refractivity contribution >= 4 is 38.9 Å². The number of nitrogens with zero attached hydrogens (tertiary/aromatic N) is 1. The molecule has 0 atom stereocenters. The minimum absolute atomic E-state index is 0.300. The Bertz CT molecular complexity index is 849. The van der Waals surface area contributed by atoms with Crippen LogP contribution < -0.4 is 9.62 Å². The van der Waals surface area contributed by atoms with Crippen molar-refractivity contribution in [2.45, 2.75) is 13.8 Å². The lowest BCUT2D eigenvalue weighted by molar-refractivity contribution is -0.114. The number of carbonyl (C=O) groups is 1. The summed E-state index contributed by atoms with van der Waals surface area (Å²) in [5.74, 6) is -0.428. The van der Waals surface area contributed by atoms with Gasteiger partial charge in [0.25, 0.3) is 0 Å². The molecule has 128 valence electrons. The fourth-order valence-corrected chi connectivity index (χ4v) is 3.37. The van der Waals surface area contributed by atoms with Gasteiger partial charge in [-0.2, -0.15) is 0 Å². The van der Waals surface area contributed by atoms with E-state index in [0.29, 0.717) is 16.4 Å². The Morgan fingerprint density at radius 3 is 2.29 bits per heavy atom. The molecule has 0 fully saturated rings. The van der Waals surface area contributed by atoms with Gasteiger partial charge in [-0.15, -0.1) is 0 Å². The normalized spacial score (nSPS) is 11.2. The molecule has 0 aromatic heterocycles. The van der Waals surface area contributed by atoms with E-state index in [2.05, 4.69) is 5.32 Å². The van der Waals surface area contributed by atoms with Gasteiger partial charge in [0.05, 0.1) is 11.9 Å². The van der Waals surface area contributed by atoms with E-state index in [9.17, 15) is 13.2 Å². The first kappa shape index (κ1) is 18.3. The molecule has 2 aromatic carbocycles. The Morgan fingerprint density at radius 2 is 1.75 bits per heavy atom. The molecule has 0 saturated heterocycles. The average molecular weight is 367 g/mol. The van der Waals surface area contributed by atoms with Crippen molar-refractivity contribution < 1.29 is 13.2 Å². The first-order valence-corrected chi connectivity index (χ1v) is 9.50. The van der Waals surface area contributed by atoms with Crippen molar-refractivity contribution in [1.82, 2.24) is 0 Å². The van der Waals surface area contributed by atoms with E-state index in [1.54, 1.807) is 30.3 Å². The van der Waals surface area contributed by atoms with Crippen LogP contribution in [0.5, 0.6) is 0 Å². The van der Waals surface area contributed by atoms with Crippen molar-refractivity contribution in [3.63, 3.8) is 0 Å². The number of hydrogen-bond donors (Lipinski definition) is 1. The van der Waals surface area contributed by atoms with E-state index < -0.39 is 15.9 Å². The third-order valence-electron chi connectivity index (χ3n) is 3.44. The van der Waals surface area contributed by atoms with Gasteiger partial charge in [0.2, 0.25) is 15.9 Å². The van der Waals surface area contributed by atoms with E-state index in [0.717, 1.165) is 21.7 Å². The maximum Gasteiger partial charge on any atom is 0.245 e. The van der Waals surface area contributed by atoms with Gasteiger partial charge in [0.15, 0.2) is 0 Å². The number of anilines is 2. The molecular weight excluding hydrogens is 348 g/mol. The van der Waals surface area contributed by atoms with Crippen LogP contribution in [-0.2, 0) is 14.8 Å². The summed E-state index contributed by atoms with van der Waals surface area (Å²) in [7, 11) is -3.60. The highest BCUT2D eigenvalue weighted by atomic mass is 35.5. The summed E-state index contributed by atoms with van der Waals surface area (Å²) >= 11 is 5.80. The molecule has 0 spiro atoms. The highest BCUT2D eigenvalue weighted by molar-refractivity contribution is 7.92. The van der Waals surface area contributed by atoms with Crippen LogP contribution in [0.25, 0.3) is 0 Å². The molecule has 1 amide bonds. The summed E-state index contributed by atoms with van der Waals surface area (Å²) < 4.78 is 25.4. The van der Waals surface area contributed by atoms with Gasteiger partial charge in [0, 0.05) is 10.7 Å². The Morgan fingerprint density at radius 1 is 1.12 bits per heavy atom. The number of halogens is 1. The van der Waals surface area contributed by atoms with Gasteiger partial charge < -0.3 is 5.32 Å². The zero-order valence-electron chi connectivity index (χ0n) is 13.7. The summed E-state index contributed by atoms with van der Waals surface area (Å²) in [6.45, 7) is 3.44. The van der Waals surface area contributed by atoms with Crippen LogP contribution in [0.4, 0.5) is 11.4 Å². The molecule has 0 aliphatic heterocycles. The van der Waals surface area contributed by atoms with Crippen LogP contribution in [0.15, 0.2) is 42.5 Å². The molecule has 5 nitrogen and oxygen atoms in total. The molecule has 2 rings (SSSR count). The fourth-order valence-electron chi connectivity index (χ4n) is 2.33. The molecule has 0 heterocycles. The lowest BCUT2D eigenvalue weighted by atomic mass is 10.1. The number of nitrogens with one attached hydrogen (secondary N) is 1. The first-order chi connectivity index (χ1) is 11.2. The van der Waals surface area contributed by atoms with E-state index in [-0.39, 0.29) is 6.54 Å². The molecule has 0 unspecified atom stereocenters. The zero-order chi connectivity index (χ0) is 17.9.